The van der Waals surface area contributed by atoms with Gasteiger partial charge >= 0.3 is 5.97 Å². The van der Waals surface area contributed by atoms with E-state index in [2.05, 4.69) is 10.3 Å². The van der Waals surface area contributed by atoms with Crippen molar-refractivity contribution in [2.75, 3.05) is 12.4 Å². The average molecular weight is 340 g/mol. The number of hydrogen-bond acceptors (Lipinski definition) is 6. The topological polar surface area (TPSA) is 93.8 Å². The van der Waals surface area contributed by atoms with E-state index in [-0.39, 0.29) is 5.76 Å². The van der Waals surface area contributed by atoms with Crippen molar-refractivity contribution in [2.24, 2.45) is 0 Å². The average Bonchev–Trinajstić information content (AvgIpc) is 3.11. The second-order valence-corrected chi connectivity index (χ2v) is 5.06. The Morgan fingerprint density at radius 1 is 1.16 bits per heavy atom. The molecule has 0 saturated carbocycles. The molecule has 0 aliphatic heterocycles. The van der Waals surface area contributed by atoms with Crippen LogP contribution < -0.4 is 14.8 Å². The van der Waals surface area contributed by atoms with Crippen LogP contribution in [0.25, 0.3) is 0 Å². The van der Waals surface area contributed by atoms with Crippen molar-refractivity contribution in [2.45, 2.75) is 6.54 Å². The molecule has 0 bridgehead atoms. The summed E-state index contributed by atoms with van der Waals surface area (Å²) >= 11 is 0. The quantitative estimate of drug-likeness (QED) is 0.676. The van der Waals surface area contributed by atoms with Gasteiger partial charge in [0.2, 0.25) is 11.6 Å². The van der Waals surface area contributed by atoms with Gasteiger partial charge in [0.25, 0.3) is 0 Å². The molecule has 0 aliphatic rings. The summed E-state index contributed by atoms with van der Waals surface area (Å²) in [6, 6.07) is 13.9. The normalized spacial score (nSPS) is 10.3. The van der Waals surface area contributed by atoms with Crippen LogP contribution in [0.15, 0.2) is 59.1 Å². The SMILES string of the molecule is COc1ccccc1Oc1ccc(NCc2ccc(C(=O)O)o2)cn1. The highest BCUT2D eigenvalue weighted by atomic mass is 16.5. The number of pyridine rings is 1. The smallest absolute Gasteiger partial charge is 0.371 e. The summed E-state index contributed by atoms with van der Waals surface area (Å²) in [5.41, 5.74) is 0.751. The number of aromatic nitrogens is 1. The van der Waals surface area contributed by atoms with Gasteiger partial charge in [-0.1, -0.05) is 12.1 Å². The standard InChI is InChI=1S/C18H16N2O5/c1-23-14-4-2-3-5-15(14)25-17-9-6-12(10-20-17)19-11-13-7-8-16(24-13)18(21)22/h2-10,19H,11H2,1H3,(H,21,22). The number of carboxylic acids is 1. The molecule has 1 aromatic carbocycles. The molecule has 7 heteroatoms. The van der Waals surface area contributed by atoms with Crippen LogP contribution in [0.3, 0.4) is 0 Å². The molecule has 2 heterocycles. The predicted octanol–water partition coefficient (Wildman–Crippen LogP) is 3.79. The van der Waals surface area contributed by atoms with Crippen molar-refractivity contribution < 1.29 is 23.8 Å². The lowest BCUT2D eigenvalue weighted by atomic mass is 10.3. The van der Waals surface area contributed by atoms with Crippen LogP contribution >= 0.6 is 0 Å². The minimum Gasteiger partial charge on any atom is -0.493 e. The Labute approximate surface area is 143 Å². The van der Waals surface area contributed by atoms with Gasteiger partial charge in [-0.15, -0.1) is 0 Å². The van der Waals surface area contributed by atoms with E-state index in [1.54, 1.807) is 43.6 Å². The number of rotatable bonds is 7. The van der Waals surface area contributed by atoms with Crippen LogP contribution in [0, 0.1) is 0 Å². The molecule has 2 aromatic heterocycles. The van der Waals surface area contributed by atoms with Crippen LogP contribution in [-0.2, 0) is 6.54 Å². The maximum absolute atomic E-state index is 10.8. The van der Waals surface area contributed by atoms with E-state index < -0.39 is 5.97 Å². The number of ether oxygens (including phenoxy) is 2. The fourth-order valence-corrected chi connectivity index (χ4v) is 2.14. The van der Waals surface area contributed by atoms with Gasteiger partial charge in [-0.2, -0.15) is 0 Å². The molecule has 0 aliphatic carbocycles. The van der Waals surface area contributed by atoms with Crippen LogP contribution in [0.5, 0.6) is 17.4 Å². The second kappa shape index (κ2) is 7.39. The molecule has 128 valence electrons. The van der Waals surface area contributed by atoms with Gasteiger partial charge in [-0.25, -0.2) is 9.78 Å². The number of aromatic carboxylic acids is 1. The molecule has 0 amide bonds. The lowest BCUT2D eigenvalue weighted by Gasteiger charge is -2.10. The third-order valence-electron chi connectivity index (χ3n) is 3.36. The summed E-state index contributed by atoms with van der Waals surface area (Å²) in [6.07, 6.45) is 1.62. The third kappa shape index (κ3) is 4.08. The van der Waals surface area contributed by atoms with Gasteiger partial charge in [0, 0.05) is 6.07 Å². The number of methoxy groups -OCH3 is 1. The van der Waals surface area contributed by atoms with E-state index >= 15 is 0 Å². The number of carbonyl (C=O) groups is 1. The molecule has 0 saturated heterocycles. The minimum absolute atomic E-state index is 0.0875. The molecule has 0 spiro atoms. The van der Waals surface area contributed by atoms with Gasteiger partial charge in [-0.3, -0.25) is 0 Å². The van der Waals surface area contributed by atoms with E-state index in [1.165, 1.54) is 6.07 Å². The molecule has 3 rings (SSSR count). The zero-order valence-electron chi connectivity index (χ0n) is 13.4. The molecule has 0 fully saturated rings. The van der Waals surface area contributed by atoms with Gasteiger partial charge < -0.3 is 24.3 Å². The van der Waals surface area contributed by atoms with E-state index in [0.29, 0.717) is 29.7 Å². The highest BCUT2D eigenvalue weighted by Crippen LogP contribution is 2.30. The van der Waals surface area contributed by atoms with Crippen molar-refractivity contribution in [3.05, 3.63) is 66.2 Å². The number of para-hydroxylation sites is 2. The fourth-order valence-electron chi connectivity index (χ4n) is 2.14. The zero-order valence-corrected chi connectivity index (χ0v) is 13.4. The van der Waals surface area contributed by atoms with Crippen LogP contribution in [-0.4, -0.2) is 23.2 Å². The first-order valence-electron chi connectivity index (χ1n) is 7.48. The summed E-state index contributed by atoms with van der Waals surface area (Å²) in [5.74, 6) is 0.975. The Morgan fingerprint density at radius 3 is 2.60 bits per heavy atom. The monoisotopic (exact) mass is 340 g/mol. The van der Waals surface area contributed by atoms with E-state index in [1.807, 2.05) is 12.1 Å². The van der Waals surface area contributed by atoms with Crippen molar-refractivity contribution in [3.8, 4) is 17.4 Å². The van der Waals surface area contributed by atoms with Crippen molar-refractivity contribution in [1.29, 1.82) is 0 Å². The Hall–Kier alpha value is -3.48. The van der Waals surface area contributed by atoms with E-state index in [9.17, 15) is 4.79 Å². The Balaban J connectivity index is 1.61. The van der Waals surface area contributed by atoms with Crippen molar-refractivity contribution in [1.82, 2.24) is 4.98 Å². The van der Waals surface area contributed by atoms with Crippen molar-refractivity contribution >= 4 is 11.7 Å². The van der Waals surface area contributed by atoms with Gasteiger partial charge in [0.15, 0.2) is 11.5 Å². The maximum Gasteiger partial charge on any atom is 0.371 e. The lowest BCUT2D eigenvalue weighted by molar-refractivity contribution is 0.0660. The highest BCUT2D eigenvalue weighted by molar-refractivity contribution is 5.84. The predicted molar refractivity (Wildman–Crippen MR) is 90.3 cm³/mol. The molecule has 0 unspecified atom stereocenters. The molecular weight excluding hydrogens is 324 g/mol. The first-order valence-corrected chi connectivity index (χ1v) is 7.48. The number of furan rings is 1. The number of nitrogens with one attached hydrogen (secondary N) is 1. The first kappa shape index (κ1) is 16.4. The summed E-state index contributed by atoms with van der Waals surface area (Å²) < 4.78 is 16.1. The van der Waals surface area contributed by atoms with Gasteiger partial charge in [0.05, 0.1) is 25.5 Å². The Kier molecular flexibility index (Phi) is 4.84. The number of hydrogen-bond donors (Lipinski definition) is 2. The summed E-state index contributed by atoms with van der Waals surface area (Å²) in [6.45, 7) is 0.349. The summed E-state index contributed by atoms with van der Waals surface area (Å²) in [5, 5.41) is 11.9. The van der Waals surface area contributed by atoms with Crippen LogP contribution in [0.2, 0.25) is 0 Å². The first-order chi connectivity index (χ1) is 12.2. The summed E-state index contributed by atoms with van der Waals surface area (Å²) in [7, 11) is 1.58. The Bertz CT molecular complexity index is 858. The van der Waals surface area contributed by atoms with E-state index in [4.69, 9.17) is 19.0 Å². The molecule has 2 N–H and O–H groups in total. The fraction of sp³-hybridized carbons (Fsp3) is 0.111. The largest absolute Gasteiger partial charge is 0.493 e. The number of anilines is 1. The highest BCUT2D eigenvalue weighted by Gasteiger charge is 2.09. The molecular formula is C18H16N2O5. The molecule has 0 radical (unpaired) electrons. The van der Waals surface area contributed by atoms with Gasteiger partial charge in [0.1, 0.15) is 5.76 Å². The lowest BCUT2D eigenvalue weighted by Crippen LogP contribution is -1.99. The van der Waals surface area contributed by atoms with E-state index in [0.717, 1.165) is 5.69 Å². The zero-order chi connectivity index (χ0) is 17.6. The second-order valence-electron chi connectivity index (χ2n) is 5.06. The molecule has 0 atom stereocenters. The Morgan fingerprint density at radius 2 is 1.96 bits per heavy atom. The molecule has 7 nitrogen and oxygen atoms in total. The van der Waals surface area contributed by atoms with Gasteiger partial charge in [-0.05, 0) is 30.3 Å². The number of carboxylic acid groups (broad SMARTS) is 1. The van der Waals surface area contributed by atoms with Crippen molar-refractivity contribution in [3.63, 3.8) is 0 Å². The molecule has 3 aromatic rings. The number of nitrogens with zero attached hydrogens (tertiary/aromatic N) is 1. The van der Waals surface area contributed by atoms with Crippen LogP contribution in [0.4, 0.5) is 5.69 Å². The number of benzene rings is 1. The third-order valence-corrected chi connectivity index (χ3v) is 3.36. The molecule has 25 heavy (non-hydrogen) atoms. The summed E-state index contributed by atoms with van der Waals surface area (Å²) in [4.78, 5) is 15.0. The maximum atomic E-state index is 10.8. The minimum atomic E-state index is -1.09. The van der Waals surface area contributed by atoms with Crippen LogP contribution in [0.1, 0.15) is 16.3 Å².